The quantitative estimate of drug-likeness (QED) is 0.491. The van der Waals surface area contributed by atoms with Gasteiger partial charge in [0.2, 0.25) is 5.91 Å². The molecule has 0 radical (unpaired) electrons. The lowest BCUT2D eigenvalue weighted by atomic mass is 10.0. The molecule has 0 aliphatic rings. The SMILES string of the molecule is CC(C)c1ccccc1OCC(=O)Nc1cccc(NC(=O)CCc2ccccc2)c1. The molecule has 0 atom stereocenters. The summed E-state index contributed by atoms with van der Waals surface area (Å²) >= 11 is 0. The summed E-state index contributed by atoms with van der Waals surface area (Å²) in [5.74, 6) is 0.695. The maximum atomic E-state index is 12.3. The molecule has 160 valence electrons. The van der Waals surface area contributed by atoms with Crippen LogP contribution in [0.4, 0.5) is 11.4 Å². The average Bonchev–Trinajstić information content (AvgIpc) is 2.77. The van der Waals surface area contributed by atoms with E-state index in [4.69, 9.17) is 4.74 Å². The van der Waals surface area contributed by atoms with E-state index in [2.05, 4.69) is 24.5 Å². The van der Waals surface area contributed by atoms with Crippen molar-refractivity contribution in [3.8, 4) is 5.75 Å². The number of para-hydroxylation sites is 1. The Labute approximate surface area is 183 Å². The van der Waals surface area contributed by atoms with E-state index in [9.17, 15) is 9.59 Å². The number of nitrogens with one attached hydrogen (secondary N) is 2. The third kappa shape index (κ3) is 7.00. The summed E-state index contributed by atoms with van der Waals surface area (Å²) in [5.41, 5.74) is 3.43. The number of carbonyl (C=O) groups is 2. The summed E-state index contributed by atoms with van der Waals surface area (Å²) in [6.07, 6.45) is 1.07. The molecule has 31 heavy (non-hydrogen) atoms. The number of rotatable bonds is 9. The number of hydrogen-bond acceptors (Lipinski definition) is 3. The summed E-state index contributed by atoms with van der Waals surface area (Å²) in [5, 5.41) is 5.70. The lowest BCUT2D eigenvalue weighted by molar-refractivity contribution is -0.118. The Hall–Kier alpha value is -3.60. The van der Waals surface area contributed by atoms with Crippen LogP contribution < -0.4 is 15.4 Å². The van der Waals surface area contributed by atoms with Crippen molar-refractivity contribution in [2.24, 2.45) is 0 Å². The molecular formula is C26H28N2O3. The molecule has 0 aromatic heterocycles. The Morgan fingerprint density at radius 3 is 2.16 bits per heavy atom. The Balaban J connectivity index is 1.50. The molecule has 0 heterocycles. The fourth-order valence-corrected chi connectivity index (χ4v) is 3.23. The van der Waals surface area contributed by atoms with Gasteiger partial charge in [-0.25, -0.2) is 0 Å². The highest BCUT2D eigenvalue weighted by Gasteiger charge is 2.10. The number of amides is 2. The molecule has 0 bridgehead atoms. The highest BCUT2D eigenvalue weighted by atomic mass is 16.5. The summed E-state index contributed by atoms with van der Waals surface area (Å²) in [7, 11) is 0. The zero-order valence-corrected chi connectivity index (χ0v) is 17.9. The van der Waals surface area contributed by atoms with Gasteiger partial charge in [-0.3, -0.25) is 9.59 Å². The Morgan fingerprint density at radius 2 is 1.45 bits per heavy atom. The molecule has 0 saturated heterocycles. The predicted octanol–water partition coefficient (Wildman–Crippen LogP) is 5.40. The number of ether oxygens (including phenoxy) is 1. The first-order valence-corrected chi connectivity index (χ1v) is 10.5. The van der Waals surface area contributed by atoms with Crippen LogP contribution in [-0.2, 0) is 16.0 Å². The number of anilines is 2. The van der Waals surface area contributed by atoms with Gasteiger partial charge in [0.05, 0.1) is 0 Å². The topological polar surface area (TPSA) is 67.4 Å². The molecule has 0 spiro atoms. The van der Waals surface area contributed by atoms with E-state index < -0.39 is 0 Å². The number of aryl methyl sites for hydroxylation is 1. The maximum absolute atomic E-state index is 12.3. The van der Waals surface area contributed by atoms with Gasteiger partial charge in [-0.1, -0.05) is 68.4 Å². The number of carbonyl (C=O) groups excluding carboxylic acids is 2. The second-order valence-corrected chi connectivity index (χ2v) is 7.64. The zero-order chi connectivity index (χ0) is 22.1. The summed E-state index contributed by atoms with van der Waals surface area (Å²) in [4.78, 5) is 24.6. The first-order chi connectivity index (χ1) is 15.0. The van der Waals surface area contributed by atoms with Gasteiger partial charge in [0.1, 0.15) is 5.75 Å². The van der Waals surface area contributed by atoms with E-state index in [1.807, 2.05) is 54.6 Å². The fourth-order valence-electron chi connectivity index (χ4n) is 3.23. The van der Waals surface area contributed by atoms with Crippen LogP contribution in [0.1, 0.15) is 37.3 Å². The largest absolute Gasteiger partial charge is 0.483 e. The van der Waals surface area contributed by atoms with Gasteiger partial charge in [-0.2, -0.15) is 0 Å². The Kier molecular flexibility index (Phi) is 7.82. The minimum Gasteiger partial charge on any atom is -0.483 e. The van der Waals surface area contributed by atoms with Crippen LogP contribution in [0.3, 0.4) is 0 Å². The van der Waals surface area contributed by atoms with Crippen molar-refractivity contribution in [2.75, 3.05) is 17.2 Å². The number of benzene rings is 3. The summed E-state index contributed by atoms with van der Waals surface area (Å²) < 4.78 is 5.72. The molecule has 2 amide bonds. The molecule has 0 unspecified atom stereocenters. The van der Waals surface area contributed by atoms with Gasteiger partial charge < -0.3 is 15.4 Å². The van der Waals surface area contributed by atoms with Gasteiger partial charge >= 0.3 is 0 Å². The number of hydrogen-bond donors (Lipinski definition) is 2. The van der Waals surface area contributed by atoms with E-state index >= 15 is 0 Å². The minimum atomic E-state index is -0.258. The minimum absolute atomic E-state index is 0.0686. The Morgan fingerprint density at radius 1 is 0.806 bits per heavy atom. The second-order valence-electron chi connectivity index (χ2n) is 7.64. The van der Waals surface area contributed by atoms with Crippen molar-refractivity contribution in [1.82, 2.24) is 0 Å². The molecule has 0 aliphatic heterocycles. The molecule has 3 rings (SSSR count). The van der Waals surface area contributed by atoms with E-state index in [0.717, 1.165) is 11.1 Å². The first-order valence-electron chi connectivity index (χ1n) is 10.5. The van der Waals surface area contributed by atoms with Gasteiger partial charge in [-0.15, -0.1) is 0 Å². The average molecular weight is 417 g/mol. The van der Waals surface area contributed by atoms with E-state index in [-0.39, 0.29) is 18.4 Å². The van der Waals surface area contributed by atoms with E-state index in [1.165, 1.54) is 0 Å². The van der Waals surface area contributed by atoms with Crippen molar-refractivity contribution in [1.29, 1.82) is 0 Å². The standard InChI is InChI=1S/C26H28N2O3/c1-19(2)23-13-6-7-14-24(23)31-18-26(30)28-22-12-8-11-21(17-22)27-25(29)16-15-20-9-4-3-5-10-20/h3-14,17,19H,15-16,18H2,1-2H3,(H,27,29)(H,28,30). The highest BCUT2D eigenvalue weighted by Crippen LogP contribution is 2.25. The predicted molar refractivity (Wildman–Crippen MR) is 124 cm³/mol. The molecule has 5 nitrogen and oxygen atoms in total. The van der Waals surface area contributed by atoms with Gasteiger partial charge in [-0.05, 0) is 47.7 Å². The molecule has 3 aromatic carbocycles. The van der Waals surface area contributed by atoms with Crippen LogP contribution in [0.15, 0.2) is 78.9 Å². The lowest BCUT2D eigenvalue weighted by Crippen LogP contribution is -2.20. The van der Waals surface area contributed by atoms with Gasteiger partial charge in [0, 0.05) is 17.8 Å². The van der Waals surface area contributed by atoms with E-state index in [1.54, 1.807) is 24.3 Å². The van der Waals surface area contributed by atoms with Crippen LogP contribution in [-0.4, -0.2) is 18.4 Å². The maximum Gasteiger partial charge on any atom is 0.262 e. The highest BCUT2D eigenvalue weighted by molar-refractivity contribution is 5.94. The molecule has 3 aromatic rings. The van der Waals surface area contributed by atoms with Crippen LogP contribution in [0.2, 0.25) is 0 Å². The van der Waals surface area contributed by atoms with Crippen LogP contribution in [0.25, 0.3) is 0 Å². The summed E-state index contributed by atoms with van der Waals surface area (Å²) in [6.45, 7) is 4.08. The molecule has 2 N–H and O–H groups in total. The van der Waals surface area contributed by atoms with E-state index in [0.29, 0.717) is 35.9 Å². The third-order valence-electron chi connectivity index (χ3n) is 4.81. The van der Waals surface area contributed by atoms with Gasteiger partial charge in [0.15, 0.2) is 6.61 Å². The zero-order valence-electron chi connectivity index (χ0n) is 17.9. The lowest BCUT2D eigenvalue weighted by Gasteiger charge is -2.14. The monoisotopic (exact) mass is 416 g/mol. The fraction of sp³-hybridized carbons (Fsp3) is 0.231. The van der Waals surface area contributed by atoms with Crippen molar-refractivity contribution >= 4 is 23.2 Å². The van der Waals surface area contributed by atoms with Crippen molar-refractivity contribution < 1.29 is 14.3 Å². The van der Waals surface area contributed by atoms with Gasteiger partial charge in [0.25, 0.3) is 5.91 Å². The van der Waals surface area contributed by atoms with Crippen LogP contribution in [0, 0.1) is 0 Å². The first kappa shape index (κ1) is 22.1. The van der Waals surface area contributed by atoms with Crippen LogP contribution >= 0.6 is 0 Å². The molecule has 0 fully saturated rings. The Bertz CT molecular complexity index is 1020. The molecule has 0 aliphatic carbocycles. The smallest absolute Gasteiger partial charge is 0.262 e. The van der Waals surface area contributed by atoms with Crippen molar-refractivity contribution in [3.05, 3.63) is 90.0 Å². The van der Waals surface area contributed by atoms with Crippen LogP contribution in [0.5, 0.6) is 5.75 Å². The van der Waals surface area contributed by atoms with Crippen molar-refractivity contribution in [3.63, 3.8) is 0 Å². The third-order valence-corrected chi connectivity index (χ3v) is 4.81. The second kappa shape index (κ2) is 11.0. The molecular weight excluding hydrogens is 388 g/mol. The molecule has 0 saturated carbocycles. The normalized spacial score (nSPS) is 10.5. The summed E-state index contributed by atoms with van der Waals surface area (Å²) in [6, 6.07) is 24.7. The van der Waals surface area contributed by atoms with Crippen molar-refractivity contribution in [2.45, 2.75) is 32.6 Å². The molecule has 5 heteroatoms.